The van der Waals surface area contributed by atoms with Gasteiger partial charge in [0.25, 0.3) is 0 Å². The van der Waals surface area contributed by atoms with E-state index < -0.39 is 0 Å². The Morgan fingerprint density at radius 2 is 1.83 bits per heavy atom. The Hall–Kier alpha value is -3.32. The first-order valence-electron chi connectivity index (χ1n) is 9.52. The molecule has 0 N–H and O–H groups in total. The molecule has 30 heavy (non-hydrogen) atoms. The molecule has 152 valence electrons. The van der Waals surface area contributed by atoms with Crippen molar-refractivity contribution in [1.82, 2.24) is 19.7 Å². The van der Waals surface area contributed by atoms with E-state index >= 15 is 0 Å². The summed E-state index contributed by atoms with van der Waals surface area (Å²) in [5.74, 6) is 3.68. The number of rotatable bonds is 8. The van der Waals surface area contributed by atoms with Gasteiger partial charge in [0.1, 0.15) is 11.5 Å². The predicted octanol–water partition coefficient (Wildman–Crippen LogP) is 5.40. The zero-order valence-electron chi connectivity index (χ0n) is 16.9. The van der Waals surface area contributed by atoms with E-state index in [0.29, 0.717) is 18.2 Å². The summed E-state index contributed by atoms with van der Waals surface area (Å²) >= 11 is 1.58. The largest absolute Gasteiger partial charge is 0.497 e. The van der Waals surface area contributed by atoms with Crippen LogP contribution in [0, 0.1) is 6.92 Å². The molecule has 0 amide bonds. The van der Waals surface area contributed by atoms with Gasteiger partial charge in [-0.15, -0.1) is 16.8 Å². The van der Waals surface area contributed by atoms with Crippen LogP contribution in [0.25, 0.3) is 22.8 Å². The number of benzene rings is 2. The average Bonchev–Trinajstić information content (AvgIpc) is 3.36. The van der Waals surface area contributed by atoms with E-state index in [1.165, 1.54) is 0 Å². The van der Waals surface area contributed by atoms with E-state index in [1.54, 1.807) is 18.9 Å². The van der Waals surface area contributed by atoms with E-state index in [2.05, 4.69) is 21.8 Å². The summed E-state index contributed by atoms with van der Waals surface area (Å²) < 4.78 is 13.2. The lowest BCUT2D eigenvalue weighted by Crippen LogP contribution is -2.01. The van der Waals surface area contributed by atoms with E-state index in [9.17, 15) is 0 Å². The van der Waals surface area contributed by atoms with E-state index in [4.69, 9.17) is 9.15 Å². The lowest BCUT2D eigenvalue weighted by molar-refractivity contribution is 0.415. The predicted molar refractivity (Wildman–Crippen MR) is 118 cm³/mol. The summed E-state index contributed by atoms with van der Waals surface area (Å²) in [6.45, 7) is 6.43. The summed E-state index contributed by atoms with van der Waals surface area (Å²) in [6, 6.07) is 17.7. The maximum absolute atomic E-state index is 5.87. The molecule has 0 bridgehead atoms. The molecule has 4 rings (SSSR count). The molecule has 0 spiro atoms. The van der Waals surface area contributed by atoms with Crippen molar-refractivity contribution in [3.05, 3.63) is 78.7 Å². The quantitative estimate of drug-likeness (QED) is 0.282. The normalized spacial score (nSPS) is 10.9. The fraction of sp³-hybridized carbons (Fsp3) is 0.174. The monoisotopic (exact) mass is 418 g/mol. The second kappa shape index (κ2) is 9.00. The number of methoxy groups -OCH3 is 1. The fourth-order valence-electron chi connectivity index (χ4n) is 3.04. The minimum Gasteiger partial charge on any atom is -0.497 e. The Bertz CT molecular complexity index is 1130. The first kappa shape index (κ1) is 20.0. The number of ether oxygens (including phenoxy) is 1. The van der Waals surface area contributed by atoms with Crippen molar-refractivity contribution in [2.24, 2.45) is 0 Å². The number of oxazole rings is 1. The standard InChI is InChI=1S/C23H22N4O2S/c1-4-14-27-21(17-10-12-19(28-3)13-11-17)25-26-23(27)30-15-20-16(2)29-22(24-20)18-8-6-5-7-9-18/h4-13H,1,14-15H2,2-3H3. The Morgan fingerprint density at radius 3 is 2.53 bits per heavy atom. The summed E-state index contributed by atoms with van der Waals surface area (Å²) in [4.78, 5) is 4.68. The summed E-state index contributed by atoms with van der Waals surface area (Å²) in [6.07, 6.45) is 1.84. The average molecular weight is 419 g/mol. The van der Waals surface area contributed by atoms with Crippen LogP contribution in [0.1, 0.15) is 11.5 Å². The van der Waals surface area contributed by atoms with Crippen molar-refractivity contribution < 1.29 is 9.15 Å². The van der Waals surface area contributed by atoms with Gasteiger partial charge < -0.3 is 9.15 Å². The highest BCUT2D eigenvalue weighted by Crippen LogP contribution is 2.29. The molecule has 0 atom stereocenters. The molecule has 2 aromatic carbocycles. The molecule has 0 saturated carbocycles. The molecular weight excluding hydrogens is 396 g/mol. The number of aromatic nitrogens is 4. The number of nitrogens with zero attached hydrogens (tertiary/aromatic N) is 4. The summed E-state index contributed by atoms with van der Waals surface area (Å²) in [5, 5.41) is 9.62. The van der Waals surface area contributed by atoms with Gasteiger partial charge in [-0.2, -0.15) is 0 Å². The van der Waals surface area contributed by atoms with Crippen molar-refractivity contribution in [3.8, 4) is 28.6 Å². The van der Waals surface area contributed by atoms with Crippen LogP contribution in [0.4, 0.5) is 0 Å². The molecule has 0 aliphatic heterocycles. The van der Waals surface area contributed by atoms with Gasteiger partial charge in [0.2, 0.25) is 5.89 Å². The minimum atomic E-state index is 0.615. The third-order valence-corrected chi connectivity index (χ3v) is 5.61. The van der Waals surface area contributed by atoms with Crippen LogP contribution in [0.3, 0.4) is 0 Å². The van der Waals surface area contributed by atoms with Crippen LogP contribution in [-0.2, 0) is 12.3 Å². The Labute approximate surface area is 179 Å². The third-order valence-electron chi connectivity index (χ3n) is 4.63. The zero-order valence-corrected chi connectivity index (χ0v) is 17.7. The van der Waals surface area contributed by atoms with Crippen LogP contribution >= 0.6 is 11.8 Å². The summed E-state index contributed by atoms with van der Waals surface area (Å²) in [7, 11) is 1.65. The highest BCUT2D eigenvalue weighted by atomic mass is 32.2. The van der Waals surface area contributed by atoms with Gasteiger partial charge in [0.05, 0.1) is 12.8 Å². The molecule has 2 heterocycles. The summed E-state index contributed by atoms with van der Waals surface area (Å²) in [5.41, 5.74) is 2.84. The van der Waals surface area contributed by atoms with Gasteiger partial charge in [0, 0.05) is 23.4 Å². The molecule has 0 saturated heterocycles. The number of hydrogen-bond donors (Lipinski definition) is 0. The van der Waals surface area contributed by atoms with Gasteiger partial charge in [-0.1, -0.05) is 36.0 Å². The van der Waals surface area contributed by atoms with Gasteiger partial charge >= 0.3 is 0 Å². The van der Waals surface area contributed by atoms with Crippen molar-refractivity contribution in [2.45, 2.75) is 24.4 Å². The van der Waals surface area contributed by atoms with Gasteiger partial charge in [-0.25, -0.2) is 4.98 Å². The smallest absolute Gasteiger partial charge is 0.226 e. The molecule has 0 aliphatic rings. The molecule has 2 aromatic heterocycles. The Balaban J connectivity index is 1.56. The highest BCUT2D eigenvalue weighted by Gasteiger charge is 2.16. The van der Waals surface area contributed by atoms with Gasteiger partial charge in [0.15, 0.2) is 11.0 Å². The topological polar surface area (TPSA) is 66.0 Å². The second-order valence-electron chi connectivity index (χ2n) is 6.61. The minimum absolute atomic E-state index is 0.615. The van der Waals surface area contributed by atoms with Gasteiger partial charge in [-0.3, -0.25) is 4.57 Å². The van der Waals surface area contributed by atoms with Crippen LogP contribution < -0.4 is 4.74 Å². The molecule has 0 unspecified atom stereocenters. The molecular formula is C23H22N4O2S. The SMILES string of the molecule is C=CCn1c(SCc2nc(-c3ccccc3)oc2C)nnc1-c1ccc(OC)cc1. The zero-order chi connectivity index (χ0) is 20.9. The lowest BCUT2D eigenvalue weighted by atomic mass is 10.2. The van der Waals surface area contributed by atoms with Crippen molar-refractivity contribution in [1.29, 1.82) is 0 Å². The number of thioether (sulfide) groups is 1. The molecule has 6 nitrogen and oxygen atoms in total. The maximum Gasteiger partial charge on any atom is 0.226 e. The second-order valence-corrected chi connectivity index (χ2v) is 7.55. The van der Waals surface area contributed by atoms with E-state index in [0.717, 1.165) is 39.3 Å². The molecule has 4 aromatic rings. The van der Waals surface area contributed by atoms with E-state index in [-0.39, 0.29) is 0 Å². The van der Waals surface area contributed by atoms with Crippen LogP contribution in [0.2, 0.25) is 0 Å². The molecule has 7 heteroatoms. The number of aryl methyl sites for hydroxylation is 1. The van der Waals surface area contributed by atoms with Crippen molar-refractivity contribution in [3.63, 3.8) is 0 Å². The fourth-order valence-corrected chi connectivity index (χ4v) is 3.99. The first-order valence-corrected chi connectivity index (χ1v) is 10.5. The third kappa shape index (κ3) is 4.16. The number of allylic oxidation sites excluding steroid dienone is 1. The molecule has 0 radical (unpaired) electrons. The first-order chi connectivity index (χ1) is 14.7. The van der Waals surface area contributed by atoms with Crippen molar-refractivity contribution in [2.75, 3.05) is 7.11 Å². The van der Waals surface area contributed by atoms with Crippen LogP contribution in [0.5, 0.6) is 5.75 Å². The lowest BCUT2D eigenvalue weighted by Gasteiger charge is -2.08. The Morgan fingerprint density at radius 1 is 1.07 bits per heavy atom. The highest BCUT2D eigenvalue weighted by molar-refractivity contribution is 7.98. The van der Waals surface area contributed by atoms with Crippen LogP contribution in [0.15, 0.2) is 76.8 Å². The van der Waals surface area contributed by atoms with Crippen LogP contribution in [-0.4, -0.2) is 26.9 Å². The Kier molecular flexibility index (Phi) is 5.99. The van der Waals surface area contributed by atoms with E-state index in [1.807, 2.05) is 72.2 Å². The maximum atomic E-state index is 5.87. The molecule has 0 fully saturated rings. The van der Waals surface area contributed by atoms with Gasteiger partial charge in [-0.05, 0) is 43.3 Å². The molecule has 0 aliphatic carbocycles. The van der Waals surface area contributed by atoms with Crippen molar-refractivity contribution >= 4 is 11.8 Å². The number of hydrogen-bond acceptors (Lipinski definition) is 6.